The molecule has 0 aliphatic carbocycles. The van der Waals surface area contributed by atoms with Gasteiger partial charge in [0.25, 0.3) is 0 Å². The number of aromatic nitrogens is 3. The van der Waals surface area contributed by atoms with E-state index >= 15 is 0 Å². The second-order valence-corrected chi connectivity index (χ2v) is 4.04. The van der Waals surface area contributed by atoms with E-state index in [-0.39, 0.29) is 16.7 Å². The Bertz CT molecular complexity index is 404. The molecule has 1 aliphatic rings. The molecule has 1 N–H and O–H groups in total. The van der Waals surface area contributed by atoms with Crippen molar-refractivity contribution >= 4 is 29.2 Å². The molecule has 16 heavy (non-hydrogen) atoms. The molecule has 0 amide bonds. The number of rotatable bonds is 3. The van der Waals surface area contributed by atoms with Crippen molar-refractivity contribution in [1.29, 1.82) is 0 Å². The van der Waals surface area contributed by atoms with Gasteiger partial charge < -0.3 is 10.1 Å². The second kappa shape index (κ2) is 4.84. The predicted molar refractivity (Wildman–Crippen MR) is 61.6 cm³/mol. The highest BCUT2D eigenvalue weighted by Crippen LogP contribution is 2.16. The van der Waals surface area contributed by atoms with Crippen molar-refractivity contribution in [2.24, 2.45) is 0 Å². The number of nitrogens with one attached hydrogen (secondary N) is 1. The van der Waals surface area contributed by atoms with Crippen LogP contribution >= 0.6 is 23.2 Å². The Labute approximate surface area is 103 Å². The summed E-state index contributed by atoms with van der Waals surface area (Å²) in [4.78, 5) is 11.4. The third-order valence-electron chi connectivity index (χ3n) is 2.09. The molecule has 7 heteroatoms. The van der Waals surface area contributed by atoms with Crippen LogP contribution in [0.4, 0.5) is 5.95 Å². The summed E-state index contributed by atoms with van der Waals surface area (Å²) >= 11 is 11.3. The number of hydrogen-bond donors (Lipinski definition) is 1. The van der Waals surface area contributed by atoms with E-state index in [0.717, 1.165) is 12.2 Å². The number of nitrogens with zero attached hydrogens (tertiary/aromatic N) is 3. The van der Waals surface area contributed by atoms with Gasteiger partial charge in [-0.3, -0.25) is 0 Å². The molecule has 1 aromatic rings. The van der Waals surface area contributed by atoms with Crippen LogP contribution in [0, 0.1) is 0 Å². The van der Waals surface area contributed by atoms with Gasteiger partial charge in [-0.05, 0) is 36.2 Å². The van der Waals surface area contributed by atoms with E-state index < -0.39 is 0 Å². The van der Waals surface area contributed by atoms with Crippen LogP contribution in [-0.4, -0.2) is 27.6 Å². The molecule has 1 atom stereocenters. The zero-order chi connectivity index (χ0) is 11.5. The topological polar surface area (TPSA) is 59.9 Å². The molecule has 1 aromatic heterocycles. The van der Waals surface area contributed by atoms with Crippen molar-refractivity contribution < 1.29 is 4.74 Å². The fourth-order valence-electron chi connectivity index (χ4n) is 1.39. The maximum atomic E-state index is 5.64. The molecule has 0 fully saturated rings. The maximum absolute atomic E-state index is 5.64. The van der Waals surface area contributed by atoms with Crippen LogP contribution < -0.4 is 5.32 Å². The highest BCUT2D eigenvalue weighted by Gasteiger charge is 2.15. The maximum Gasteiger partial charge on any atom is 0.228 e. The average Bonchev–Trinajstić information content (AvgIpc) is 2.60. The van der Waals surface area contributed by atoms with E-state index in [4.69, 9.17) is 27.9 Å². The zero-order valence-corrected chi connectivity index (χ0v) is 10.1. The van der Waals surface area contributed by atoms with E-state index in [2.05, 4.69) is 20.3 Å². The summed E-state index contributed by atoms with van der Waals surface area (Å²) in [5, 5.41) is 3.15. The van der Waals surface area contributed by atoms with Gasteiger partial charge in [0.2, 0.25) is 16.5 Å². The number of halogens is 2. The standard InChI is InChI=1S/C9H10Cl2N4O/c1-5-2-3-6(16-5)4-12-9-14-7(10)13-8(11)15-9/h2,6H,3-4H2,1H3,(H,12,13,14,15). The first kappa shape index (κ1) is 11.4. The number of hydrogen-bond acceptors (Lipinski definition) is 5. The first-order valence-electron chi connectivity index (χ1n) is 4.78. The van der Waals surface area contributed by atoms with Crippen molar-refractivity contribution in [3.05, 3.63) is 22.4 Å². The molecule has 0 radical (unpaired) electrons. The quantitative estimate of drug-likeness (QED) is 0.904. The van der Waals surface area contributed by atoms with Gasteiger partial charge in [0.15, 0.2) is 0 Å². The molecule has 2 heterocycles. The van der Waals surface area contributed by atoms with E-state index in [9.17, 15) is 0 Å². The van der Waals surface area contributed by atoms with E-state index in [1.807, 2.05) is 13.0 Å². The highest BCUT2D eigenvalue weighted by atomic mass is 35.5. The van der Waals surface area contributed by atoms with Crippen LogP contribution in [0.3, 0.4) is 0 Å². The fraction of sp³-hybridized carbons (Fsp3) is 0.444. The molecule has 0 saturated heterocycles. The van der Waals surface area contributed by atoms with Gasteiger partial charge in [-0.1, -0.05) is 0 Å². The smallest absolute Gasteiger partial charge is 0.228 e. The average molecular weight is 261 g/mol. The lowest BCUT2D eigenvalue weighted by Gasteiger charge is -2.12. The molecular weight excluding hydrogens is 251 g/mol. The monoisotopic (exact) mass is 260 g/mol. The van der Waals surface area contributed by atoms with Gasteiger partial charge in [0.1, 0.15) is 6.10 Å². The minimum absolute atomic E-state index is 0.0733. The minimum atomic E-state index is 0.0733. The Balaban J connectivity index is 1.90. The number of ether oxygens (including phenoxy) is 1. The Morgan fingerprint density at radius 1 is 1.38 bits per heavy atom. The van der Waals surface area contributed by atoms with Gasteiger partial charge in [0.05, 0.1) is 12.3 Å². The van der Waals surface area contributed by atoms with Gasteiger partial charge in [-0.2, -0.15) is 15.0 Å². The lowest BCUT2D eigenvalue weighted by molar-refractivity contribution is 0.155. The van der Waals surface area contributed by atoms with E-state index in [1.165, 1.54) is 0 Å². The summed E-state index contributed by atoms with van der Waals surface area (Å²) in [6.07, 6.45) is 3.03. The molecule has 0 saturated carbocycles. The van der Waals surface area contributed by atoms with E-state index in [1.54, 1.807) is 0 Å². The fourth-order valence-corrected chi connectivity index (χ4v) is 1.76. The van der Waals surface area contributed by atoms with E-state index in [0.29, 0.717) is 12.5 Å². The summed E-state index contributed by atoms with van der Waals surface area (Å²) in [5.74, 6) is 1.30. The first-order valence-corrected chi connectivity index (χ1v) is 5.53. The molecule has 0 spiro atoms. The Morgan fingerprint density at radius 3 is 2.62 bits per heavy atom. The van der Waals surface area contributed by atoms with Crippen LogP contribution in [0.5, 0.6) is 0 Å². The lowest BCUT2D eigenvalue weighted by atomic mass is 10.3. The van der Waals surface area contributed by atoms with Crippen LogP contribution in [0.15, 0.2) is 11.8 Å². The summed E-state index contributed by atoms with van der Waals surface area (Å²) in [6, 6.07) is 0. The molecule has 86 valence electrons. The highest BCUT2D eigenvalue weighted by molar-refractivity contribution is 6.31. The Hall–Kier alpha value is -1.07. The van der Waals surface area contributed by atoms with Crippen molar-refractivity contribution in [1.82, 2.24) is 15.0 Å². The molecule has 0 bridgehead atoms. The van der Waals surface area contributed by atoms with Crippen LogP contribution in [0.25, 0.3) is 0 Å². The predicted octanol–water partition coefficient (Wildman–Crippen LogP) is 2.28. The van der Waals surface area contributed by atoms with Gasteiger partial charge in [-0.15, -0.1) is 0 Å². The van der Waals surface area contributed by atoms with Crippen molar-refractivity contribution in [3.63, 3.8) is 0 Å². The summed E-state index contributed by atoms with van der Waals surface area (Å²) < 4.78 is 5.50. The van der Waals surface area contributed by atoms with Crippen molar-refractivity contribution in [3.8, 4) is 0 Å². The molecule has 1 aliphatic heterocycles. The third kappa shape index (κ3) is 2.96. The summed E-state index contributed by atoms with van der Waals surface area (Å²) in [7, 11) is 0. The second-order valence-electron chi connectivity index (χ2n) is 3.37. The molecule has 1 unspecified atom stereocenters. The molecule has 5 nitrogen and oxygen atoms in total. The van der Waals surface area contributed by atoms with Crippen LogP contribution in [-0.2, 0) is 4.74 Å². The normalized spacial score (nSPS) is 19.2. The lowest BCUT2D eigenvalue weighted by Crippen LogP contribution is -2.20. The third-order valence-corrected chi connectivity index (χ3v) is 2.43. The Kier molecular flexibility index (Phi) is 3.46. The van der Waals surface area contributed by atoms with Crippen molar-refractivity contribution in [2.75, 3.05) is 11.9 Å². The summed E-state index contributed by atoms with van der Waals surface area (Å²) in [6.45, 7) is 2.53. The largest absolute Gasteiger partial charge is 0.493 e. The Morgan fingerprint density at radius 2 is 2.06 bits per heavy atom. The minimum Gasteiger partial charge on any atom is -0.493 e. The van der Waals surface area contributed by atoms with Gasteiger partial charge in [0, 0.05) is 6.42 Å². The first-order chi connectivity index (χ1) is 7.63. The van der Waals surface area contributed by atoms with Gasteiger partial charge in [-0.25, -0.2) is 0 Å². The number of allylic oxidation sites excluding steroid dienone is 1. The number of anilines is 1. The molecular formula is C9H10Cl2N4O. The van der Waals surface area contributed by atoms with Gasteiger partial charge >= 0.3 is 0 Å². The zero-order valence-electron chi connectivity index (χ0n) is 8.57. The molecule has 2 rings (SSSR count). The SMILES string of the molecule is CC1=CCC(CNc2nc(Cl)nc(Cl)n2)O1. The molecule has 0 aromatic carbocycles. The van der Waals surface area contributed by atoms with Crippen LogP contribution in [0.2, 0.25) is 10.6 Å². The summed E-state index contributed by atoms with van der Waals surface area (Å²) in [5.41, 5.74) is 0. The van der Waals surface area contributed by atoms with Crippen LogP contribution in [0.1, 0.15) is 13.3 Å². The van der Waals surface area contributed by atoms with Crippen molar-refractivity contribution in [2.45, 2.75) is 19.4 Å².